The first-order chi connectivity index (χ1) is 7.60. The standard InChI is InChI=1S/C12H12N2O2/c1-12(4-5-12)14-7-13-9-6-8(11(15)16)2-3-10(9)14/h2-3,6-7H,4-5H2,1H3,(H,15,16). The maximum Gasteiger partial charge on any atom is 0.335 e. The molecule has 4 heteroatoms. The Bertz CT molecular complexity index is 582. The zero-order valence-corrected chi connectivity index (χ0v) is 8.97. The molecule has 1 N–H and O–H groups in total. The average molecular weight is 216 g/mol. The van der Waals surface area contributed by atoms with E-state index in [0.717, 1.165) is 11.0 Å². The highest BCUT2D eigenvalue weighted by atomic mass is 16.4. The van der Waals surface area contributed by atoms with Crippen LogP contribution in [0.3, 0.4) is 0 Å². The SMILES string of the molecule is CC1(n2cnc3cc(C(=O)O)ccc32)CC1. The van der Waals surface area contributed by atoms with E-state index in [0.29, 0.717) is 5.56 Å². The van der Waals surface area contributed by atoms with Gasteiger partial charge in [-0.3, -0.25) is 0 Å². The maximum absolute atomic E-state index is 10.8. The van der Waals surface area contributed by atoms with Crippen molar-refractivity contribution in [2.75, 3.05) is 0 Å². The van der Waals surface area contributed by atoms with Crippen LogP contribution in [0.15, 0.2) is 24.5 Å². The fraction of sp³-hybridized carbons (Fsp3) is 0.333. The number of hydrogen-bond donors (Lipinski definition) is 1. The van der Waals surface area contributed by atoms with E-state index in [1.165, 1.54) is 12.8 Å². The van der Waals surface area contributed by atoms with Gasteiger partial charge in [0.1, 0.15) is 0 Å². The van der Waals surface area contributed by atoms with Crippen LogP contribution in [0, 0.1) is 0 Å². The summed E-state index contributed by atoms with van der Waals surface area (Å²) >= 11 is 0. The first-order valence-corrected chi connectivity index (χ1v) is 5.31. The molecule has 2 aromatic rings. The van der Waals surface area contributed by atoms with Gasteiger partial charge in [0.25, 0.3) is 0 Å². The molecule has 1 aromatic heterocycles. The normalized spacial score (nSPS) is 17.6. The second-order valence-corrected chi connectivity index (χ2v) is 4.62. The second kappa shape index (κ2) is 2.84. The number of nitrogens with zero attached hydrogens (tertiary/aromatic N) is 2. The number of benzene rings is 1. The van der Waals surface area contributed by atoms with Gasteiger partial charge in [-0.2, -0.15) is 0 Å². The molecule has 82 valence electrons. The molecule has 1 aliphatic carbocycles. The summed E-state index contributed by atoms with van der Waals surface area (Å²) in [6, 6.07) is 5.10. The van der Waals surface area contributed by atoms with Crippen LogP contribution < -0.4 is 0 Å². The highest BCUT2D eigenvalue weighted by molar-refractivity contribution is 5.92. The topological polar surface area (TPSA) is 55.1 Å². The number of aromatic nitrogens is 2. The molecule has 1 heterocycles. The molecular formula is C12H12N2O2. The number of carboxylic acid groups (broad SMARTS) is 1. The second-order valence-electron chi connectivity index (χ2n) is 4.62. The fourth-order valence-corrected chi connectivity index (χ4v) is 2.00. The minimum absolute atomic E-state index is 0.194. The van der Waals surface area contributed by atoms with Crippen molar-refractivity contribution in [3.63, 3.8) is 0 Å². The molecule has 0 saturated heterocycles. The molecule has 1 aliphatic rings. The van der Waals surface area contributed by atoms with E-state index in [1.807, 2.05) is 12.4 Å². The number of imidazole rings is 1. The van der Waals surface area contributed by atoms with Crippen molar-refractivity contribution in [1.29, 1.82) is 0 Å². The van der Waals surface area contributed by atoms with Crippen LogP contribution in [-0.4, -0.2) is 20.6 Å². The summed E-state index contributed by atoms with van der Waals surface area (Å²) < 4.78 is 2.15. The summed E-state index contributed by atoms with van der Waals surface area (Å²) in [5.74, 6) is -0.908. The average Bonchev–Trinajstić information content (AvgIpc) is 2.86. The van der Waals surface area contributed by atoms with Gasteiger partial charge in [0.2, 0.25) is 0 Å². The summed E-state index contributed by atoms with van der Waals surface area (Å²) in [4.78, 5) is 15.1. The number of fused-ring (bicyclic) bond motifs is 1. The Hall–Kier alpha value is -1.84. The number of aromatic carboxylic acids is 1. The lowest BCUT2D eigenvalue weighted by Crippen LogP contribution is -2.10. The van der Waals surface area contributed by atoms with Crippen LogP contribution in [-0.2, 0) is 5.54 Å². The Labute approximate surface area is 92.5 Å². The van der Waals surface area contributed by atoms with Crippen LogP contribution >= 0.6 is 0 Å². The Kier molecular flexibility index (Phi) is 1.67. The lowest BCUT2D eigenvalue weighted by atomic mass is 10.2. The van der Waals surface area contributed by atoms with E-state index < -0.39 is 5.97 Å². The van der Waals surface area contributed by atoms with E-state index in [9.17, 15) is 4.79 Å². The molecular weight excluding hydrogens is 204 g/mol. The molecule has 3 rings (SSSR count). The summed E-state index contributed by atoms with van der Waals surface area (Å²) in [6.07, 6.45) is 4.14. The highest BCUT2D eigenvalue weighted by Gasteiger charge is 2.39. The molecule has 0 radical (unpaired) electrons. The molecule has 1 fully saturated rings. The van der Waals surface area contributed by atoms with Gasteiger partial charge in [-0.15, -0.1) is 0 Å². The van der Waals surface area contributed by atoms with E-state index in [1.54, 1.807) is 12.1 Å². The molecule has 4 nitrogen and oxygen atoms in total. The van der Waals surface area contributed by atoms with Crippen molar-refractivity contribution in [1.82, 2.24) is 9.55 Å². The quantitative estimate of drug-likeness (QED) is 0.837. The summed E-state index contributed by atoms with van der Waals surface area (Å²) in [6.45, 7) is 2.19. The molecule has 16 heavy (non-hydrogen) atoms. The lowest BCUT2D eigenvalue weighted by Gasteiger charge is -2.11. The Morgan fingerprint density at radius 2 is 2.25 bits per heavy atom. The summed E-state index contributed by atoms with van der Waals surface area (Å²) in [7, 11) is 0. The van der Waals surface area contributed by atoms with Gasteiger partial charge in [-0.1, -0.05) is 0 Å². The van der Waals surface area contributed by atoms with Crippen molar-refractivity contribution < 1.29 is 9.90 Å². The van der Waals surface area contributed by atoms with Crippen molar-refractivity contribution in [3.8, 4) is 0 Å². The van der Waals surface area contributed by atoms with Crippen molar-refractivity contribution in [2.24, 2.45) is 0 Å². The molecule has 0 unspecified atom stereocenters. The van der Waals surface area contributed by atoms with Gasteiger partial charge < -0.3 is 9.67 Å². The van der Waals surface area contributed by atoms with E-state index in [-0.39, 0.29) is 5.54 Å². The number of carbonyl (C=O) groups is 1. The summed E-state index contributed by atoms with van der Waals surface area (Å²) in [5, 5.41) is 8.89. The van der Waals surface area contributed by atoms with Crippen molar-refractivity contribution >= 4 is 17.0 Å². The van der Waals surface area contributed by atoms with E-state index in [2.05, 4.69) is 16.5 Å². The third-order valence-corrected chi connectivity index (χ3v) is 3.35. The smallest absolute Gasteiger partial charge is 0.335 e. The van der Waals surface area contributed by atoms with Crippen LogP contribution in [0.2, 0.25) is 0 Å². The minimum atomic E-state index is -0.908. The fourth-order valence-electron chi connectivity index (χ4n) is 2.00. The molecule has 0 bridgehead atoms. The Morgan fingerprint density at radius 1 is 1.50 bits per heavy atom. The number of hydrogen-bond acceptors (Lipinski definition) is 2. The predicted octanol–water partition coefficient (Wildman–Crippen LogP) is 2.24. The van der Waals surface area contributed by atoms with Crippen LogP contribution in [0.1, 0.15) is 30.1 Å². The van der Waals surface area contributed by atoms with Gasteiger partial charge in [-0.05, 0) is 38.0 Å². The van der Waals surface area contributed by atoms with Crippen molar-refractivity contribution in [3.05, 3.63) is 30.1 Å². The van der Waals surface area contributed by atoms with Gasteiger partial charge in [0.15, 0.2) is 0 Å². The predicted molar refractivity (Wildman–Crippen MR) is 59.6 cm³/mol. The van der Waals surface area contributed by atoms with Gasteiger partial charge in [0, 0.05) is 5.54 Å². The molecule has 0 spiro atoms. The van der Waals surface area contributed by atoms with Crippen LogP contribution in [0.25, 0.3) is 11.0 Å². The van der Waals surface area contributed by atoms with E-state index in [4.69, 9.17) is 5.11 Å². The third kappa shape index (κ3) is 1.23. The van der Waals surface area contributed by atoms with Crippen molar-refractivity contribution in [2.45, 2.75) is 25.3 Å². The zero-order chi connectivity index (χ0) is 11.3. The molecule has 0 amide bonds. The van der Waals surface area contributed by atoms with Gasteiger partial charge >= 0.3 is 5.97 Å². The molecule has 1 aromatic carbocycles. The molecule has 0 atom stereocenters. The number of rotatable bonds is 2. The number of carboxylic acids is 1. The Morgan fingerprint density at radius 3 is 2.88 bits per heavy atom. The first kappa shape index (κ1) is 9.39. The maximum atomic E-state index is 10.8. The molecule has 1 saturated carbocycles. The minimum Gasteiger partial charge on any atom is -0.478 e. The third-order valence-electron chi connectivity index (χ3n) is 3.35. The van der Waals surface area contributed by atoms with Crippen LogP contribution in [0.4, 0.5) is 0 Å². The summed E-state index contributed by atoms with van der Waals surface area (Å²) in [5.41, 5.74) is 2.26. The highest BCUT2D eigenvalue weighted by Crippen LogP contribution is 2.44. The monoisotopic (exact) mass is 216 g/mol. The molecule has 0 aliphatic heterocycles. The zero-order valence-electron chi connectivity index (χ0n) is 8.97. The Balaban J connectivity index is 2.18. The van der Waals surface area contributed by atoms with Gasteiger partial charge in [-0.25, -0.2) is 9.78 Å². The van der Waals surface area contributed by atoms with Gasteiger partial charge in [0.05, 0.1) is 22.9 Å². The largest absolute Gasteiger partial charge is 0.478 e. The lowest BCUT2D eigenvalue weighted by molar-refractivity contribution is 0.0697. The van der Waals surface area contributed by atoms with Crippen LogP contribution in [0.5, 0.6) is 0 Å². The van der Waals surface area contributed by atoms with E-state index >= 15 is 0 Å². The first-order valence-electron chi connectivity index (χ1n) is 5.31.